The topological polar surface area (TPSA) is 16.4 Å². The molecule has 0 saturated carbocycles. The Morgan fingerprint density at radius 3 is 1.56 bits per heavy atom. The highest BCUT2D eigenvalue weighted by Gasteiger charge is 2.14. The van der Waals surface area contributed by atoms with E-state index in [1.807, 2.05) is 12.1 Å². The molecule has 9 aromatic rings. The number of benzene rings is 8. The highest BCUT2D eigenvalue weighted by Crippen LogP contribution is 2.38. The van der Waals surface area contributed by atoms with Crippen LogP contribution in [0.15, 0.2) is 192 Å². The van der Waals surface area contributed by atoms with Crippen molar-refractivity contribution in [3.8, 4) is 33.4 Å². The van der Waals surface area contributed by atoms with Crippen LogP contribution in [0.25, 0.3) is 66.1 Å². The van der Waals surface area contributed by atoms with Crippen molar-refractivity contribution >= 4 is 49.8 Å². The average molecular weight is 614 g/mol. The predicted octanol–water partition coefficient (Wildman–Crippen LogP) is 13.2. The summed E-state index contributed by atoms with van der Waals surface area (Å²) in [4.78, 5) is 2.31. The second kappa shape index (κ2) is 11.8. The smallest absolute Gasteiger partial charge is 0.136 e. The van der Waals surface area contributed by atoms with Gasteiger partial charge in [0, 0.05) is 27.8 Å². The molecule has 0 N–H and O–H groups in total. The third-order valence-electron chi connectivity index (χ3n) is 9.26. The molecule has 0 amide bonds. The molecule has 1 aromatic heterocycles. The SMILES string of the molecule is c1ccc(N(c2ccc(-c3cccc(-c4ccc5ccccc5c4)c3)cc2)c2ccc(-c3ccc4c(c3)oc3ccccc34)cc2)cc1. The number of fused-ring (bicyclic) bond motifs is 4. The van der Waals surface area contributed by atoms with E-state index in [1.54, 1.807) is 0 Å². The zero-order chi connectivity index (χ0) is 31.9. The second-order valence-electron chi connectivity index (χ2n) is 12.2. The summed E-state index contributed by atoms with van der Waals surface area (Å²) in [5, 5.41) is 4.81. The molecular weight excluding hydrogens is 583 g/mol. The van der Waals surface area contributed by atoms with Crippen LogP contribution in [0.5, 0.6) is 0 Å². The van der Waals surface area contributed by atoms with Gasteiger partial charge >= 0.3 is 0 Å². The lowest BCUT2D eigenvalue weighted by Crippen LogP contribution is -2.09. The van der Waals surface area contributed by atoms with E-state index in [1.165, 1.54) is 33.0 Å². The minimum Gasteiger partial charge on any atom is -0.456 e. The molecule has 0 aliphatic rings. The Morgan fingerprint density at radius 2 is 0.812 bits per heavy atom. The number of rotatable bonds is 6. The monoisotopic (exact) mass is 613 g/mol. The molecule has 0 saturated heterocycles. The lowest BCUT2D eigenvalue weighted by molar-refractivity contribution is 0.669. The van der Waals surface area contributed by atoms with E-state index in [0.717, 1.165) is 50.1 Å². The molecule has 2 heteroatoms. The van der Waals surface area contributed by atoms with Gasteiger partial charge in [-0.25, -0.2) is 0 Å². The van der Waals surface area contributed by atoms with Crippen LogP contribution >= 0.6 is 0 Å². The summed E-state index contributed by atoms with van der Waals surface area (Å²) in [6.45, 7) is 0. The molecule has 0 atom stereocenters. The van der Waals surface area contributed by atoms with Crippen molar-refractivity contribution in [2.75, 3.05) is 4.90 Å². The summed E-state index contributed by atoms with van der Waals surface area (Å²) in [7, 11) is 0. The highest BCUT2D eigenvalue weighted by atomic mass is 16.3. The third-order valence-corrected chi connectivity index (χ3v) is 9.26. The van der Waals surface area contributed by atoms with Gasteiger partial charge in [-0.3, -0.25) is 0 Å². The Labute approximate surface area is 279 Å². The van der Waals surface area contributed by atoms with Gasteiger partial charge < -0.3 is 9.32 Å². The minimum atomic E-state index is 0.909. The van der Waals surface area contributed by atoms with Crippen LogP contribution in [0, 0.1) is 0 Å². The summed E-state index contributed by atoms with van der Waals surface area (Å²) in [5.41, 5.74) is 12.2. The Hall–Kier alpha value is -6.38. The van der Waals surface area contributed by atoms with E-state index in [4.69, 9.17) is 4.42 Å². The Balaban J connectivity index is 1.03. The van der Waals surface area contributed by atoms with Gasteiger partial charge in [0.25, 0.3) is 0 Å². The Morgan fingerprint density at radius 1 is 0.292 bits per heavy atom. The van der Waals surface area contributed by atoms with Crippen LogP contribution in [0.3, 0.4) is 0 Å². The number of anilines is 3. The Bertz CT molecular complexity index is 2540. The van der Waals surface area contributed by atoms with Crippen LogP contribution in [0.1, 0.15) is 0 Å². The van der Waals surface area contributed by atoms with Crippen LogP contribution in [-0.2, 0) is 0 Å². The average Bonchev–Trinajstić information content (AvgIpc) is 3.54. The van der Waals surface area contributed by atoms with Gasteiger partial charge in [0.05, 0.1) is 0 Å². The fraction of sp³-hybridized carbons (Fsp3) is 0. The predicted molar refractivity (Wildman–Crippen MR) is 202 cm³/mol. The first kappa shape index (κ1) is 27.9. The van der Waals surface area contributed by atoms with E-state index in [0.29, 0.717) is 0 Å². The number of hydrogen-bond acceptors (Lipinski definition) is 2. The molecule has 8 aromatic carbocycles. The van der Waals surface area contributed by atoms with Crippen molar-refractivity contribution < 1.29 is 4.42 Å². The molecule has 1 heterocycles. The quantitative estimate of drug-likeness (QED) is 0.185. The lowest BCUT2D eigenvalue weighted by Gasteiger charge is -2.26. The van der Waals surface area contributed by atoms with Crippen molar-refractivity contribution in [2.24, 2.45) is 0 Å². The third kappa shape index (κ3) is 5.10. The molecule has 0 bridgehead atoms. The maximum absolute atomic E-state index is 6.17. The molecule has 0 radical (unpaired) electrons. The molecule has 0 aliphatic heterocycles. The van der Waals surface area contributed by atoms with E-state index in [2.05, 4.69) is 181 Å². The largest absolute Gasteiger partial charge is 0.456 e. The standard InChI is InChI=1S/C46H31NO/c1-2-13-40(14-3-1)47(42-26-21-34(22-27-42)39-23-28-44-43-15-6-7-16-45(43)48-46(44)31-39)41-24-19-33(20-25-41)36-11-8-12-37(29-36)38-18-17-32-9-4-5-10-35(32)30-38/h1-31H. The first-order chi connectivity index (χ1) is 23.8. The zero-order valence-corrected chi connectivity index (χ0v) is 26.3. The molecule has 0 fully saturated rings. The number of para-hydroxylation sites is 2. The lowest BCUT2D eigenvalue weighted by atomic mass is 9.97. The summed E-state index contributed by atoms with van der Waals surface area (Å²) < 4.78 is 6.17. The van der Waals surface area contributed by atoms with Crippen molar-refractivity contribution in [3.63, 3.8) is 0 Å². The summed E-state index contributed by atoms with van der Waals surface area (Å²) >= 11 is 0. The normalized spacial score (nSPS) is 11.3. The van der Waals surface area contributed by atoms with E-state index in [9.17, 15) is 0 Å². The molecular formula is C46H31NO. The first-order valence-electron chi connectivity index (χ1n) is 16.3. The molecule has 0 aliphatic carbocycles. The van der Waals surface area contributed by atoms with Crippen LogP contribution in [0.4, 0.5) is 17.1 Å². The van der Waals surface area contributed by atoms with Crippen molar-refractivity contribution in [2.45, 2.75) is 0 Å². The number of hydrogen-bond donors (Lipinski definition) is 0. The van der Waals surface area contributed by atoms with Crippen molar-refractivity contribution in [3.05, 3.63) is 188 Å². The number of nitrogens with zero attached hydrogens (tertiary/aromatic N) is 1. The van der Waals surface area contributed by atoms with E-state index < -0.39 is 0 Å². The van der Waals surface area contributed by atoms with Gasteiger partial charge in [0.2, 0.25) is 0 Å². The van der Waals surface area contributed by atoms with Gasteiger partial charge in [-0.1, -0.05) is 121 Å². The number of furan rings is 1. The zero-order valence-electron chi connectivity index (χ0n) is 26.3. The van der Waals surface area contributed by atoms with E-state index in [-0.39, 0.29) is 0 Å². The molecule has 2 nitrogen and oxygen atoms in total. The summed E-state index contributed by atoms with van der Waals surface area (Å²) in [6.07, 6.45) is 0. The second-order valence-corrected chi connectivity index (χ2v) is 12.2. The van der Waals surface area contributed by atoms with Gasteiger partial charge in [0.1, 0.15) is 11.2 Å². The molecule has 0 unspecified atom stereocenters. The molecule has 48 heavy (non-hydrogen) atoms. The molecule has 0 spiro atoms. The van der Waals surface area contributed by atoms with Gasteiger partial charge in [-0.2, -0.15) is 0 Å². The summed E-state index contributed by atoms with van der Waals surface area (Å²) in [5.74, 6) is 0. The van der Waals surface area contributed by atoms with Crippen LogP contribution in [-0.4, -0.2) is 0 Å². The van der Waals surface area contributed by atoms with Crippen molar-refractivity contribution in [1.82, 2.24) is 0 Å². The van der Waals surface area contributed by atoms with Gasteiger partial charge in [-0.15, -0.1) is 0 Å². The highest BCUT2D eigenvalue weighted by molar-refractivity contribution is 6.05. The van der Waals surface area contributed by atoms with Crippen LogP contribution < -0.4 is 4.90 Å². The van der Waals surface area contributed by atoms with Crippen molar-refractivity contribution in [1.29, 1.82) is 0 Å². The maximum atomic E-state index is 6.17. The fourth-order valence-electron chi connectivity index (χ4n) is 6.78. The Kier molecular flexibility index (Phi) is 6.84. The van der Waals surface area contributed by atoms with E-state index >= 15 is 0 Å². The maximum Gasteiger partial charge on any atom is 0.136 e. The van der Waals surface area contributed by atoms with Gasteiger partial charge in [-0.05, 0) is 111 Å². The van der Waals surface area contributed by atoms with Crippen LogP contribution in [0.2, 0.25) is 0 Å². The molecule has 226 valence electrons. The minimum absolute atomic E-state index is 0.909. The first-order valence-corrected chi connectivity index (χ1v) is 16.3. The fourth-order valence-corrected chi connectivity index (χ4v) is 6.78. The summed E-state index contributed by atoms with van der Waals surface area (Å²) in [6, 6.07) is 67.0. The van der Waals surface area contributed by atoms with Gasteiger partial charge in [0.15, 0.2) is 0 Å². The molecule has 9 rings (SSSR count).